The average Bonchev–Trinajstić information content (AvgIpc) is 2.84. The van der Waals surface area contributed by atoms with Crippen LogP contribution in [0.2, 0.25) is 39.3 Å². The van der Waals surface area contributed by atoms with Gasteiger partial charge >= 0.3 is 0 Å². The van der Waals surface area contributed by atoms with E-state index in [-0.39, 0.29) is 0 Å². The van der Waals surface area contributed by atoms with E-state index in [2.05, 4.69) is 59.2 Å². The SMILES string of the molecule is COCCCCCCC[C@@H]1[C@@H](CC=C(C)C)[C@H](O[Si](C)(C)C)C[C@H]1O[Si](C)(C)C. The lowest BCUT2D eigenvalue weighted by Crippen LogP contribution is -2.35. The lowest BCUT2D eigenvalue weighted by atomic mass is 9.86. The molecule has 4 atom stereocenters. The van der Waals surface area contributed by atoms with Gasteiger partial charge in [0.1, 0.15) is 0 Å². The molecule has 0 bridgehead atoms. The van der Waals surface area contributed by atoms with E-state index >= 15 is 0 Å². The Kier molecular flexibility index (Phi) is 12.0. The Morgan fingerprint density at radius 3 is 1.83 bits per heavy atom. The van der Waals surface area contributed by atoms with Crippen molar-refractivity contribution in [1.82, 2.24) is 0 Å². The highest BCUT2D eigenvalue weighted by Crippen LogP contribution is 2.43. The normalized spacial score (nSPS) is 25.4. The molecule has 0 unspecified atom stereocenters. The molecule has 0 amide bonds. The van der Waals surface area contributed by atoms with Crippen LogP contribution < -0.4 is 0 Å². The molecule has 1 aliphatic rings. The monoisotopic (exact) mass is 442 g/mol. The summed E-state index contributed by atoms with van der Waals surface area (Å²) in [6.45, 7) is 19.3. The molecular weight excluding hydrogens is 392 g/mol. The summed E-state index contributed by atoms with van der Waals surface area (Å²) in [5.41, 5.74) is 1.42. The number of ether oxygens (including phenoxy) is 1. The topological polar surface area (TPSA) is 27.7 Å². The fourth-order valence-corrected chi connectivity index (χ4v) is 6.92. The molecule has 0 aromatic carbocycles. The van der Waals surface area contributed by atoms with Crippen molar-refractivity contribution in [2.45, 2.75) is 117 Å². The van der Waals surface area contributed by atoms with Gasteiger partial charge < -0.3 is 13.6 Å². The fraction of sp³-hybridized carbons (Fsp3) is 0.917. The summed E-state index contributed by atoms with van der Waals surface area (Å²) >= 11 is 0. The van der Waals surface area contributed by atoms with Gasteiger partial charge in [-0.25, -0.2) is 0 Å². The highest BCUT2D eigenvalue weighted by molar-refractivity contribution is 6.70. The summed E-state index contributed by atoms with van der Waals surface area (Å²) < 4.78 is 18.6. The largest absolute Gasteiger partial charge is 0.414 e. The maximum Gasteiger partial charge on any atom is 0.184 e. The zero-order valence-electron chi connectivity index (χ0n) is 21.0. The van der Waals surface area contributed by atoms with Crippen molar-refractivity contribution in [2.75, 3.05) is 13.7 Å². The molecule has 1 rings (SSSR count). The molecule has 1 saturated carbocycles. The van der Waals surface area contributed by atoms with Crippen LogP contribution in [-0.4, -0.2) is 42.6 Å². The Bertz CT molecular complexity index is 475. The van der Waals surface area contributed by atoms with Gasteiger partial charge in [-0.1, -0.05) is 37.3 Å². The van der Waals surface area contributed by atoms with E-state index in [9.17, 15) is 0 Å². The fourth-order valence-electron chi connectivity index (χ4n) is 4.56. The van der Waals surface area contributed by atoms with Crippen molar-refractivity contribution in [3.63, 3.8) is 0 Å². The van der Waals surface area contributed by atoms with E-state index in [1.54, 1.807) is 7.11 Å². The predicted octanol–water partition coefficient (Wildman–Crippen LogP) is 7.41. The molecule has 0 saturated heterocycles. The van der Waals surface area contributed by atoms with Gasteiger partial charge in [-0.15, -0.1) is 0 Å². The van der Waals surface area contributed by atoms with Crippen LogP contribution in [0.3, 0.4) is 0 Å². The smallest absolute Gasteiger partial charge is 0.184 e. The third-order valence-electron chi connectivity index (χ3n) is 5.66. The molecule has 0 N–H and O–H groups in total. The van der Waals surface area contributed by atoms with E-state index < -0.39 is 16.6 Å². The minimum atomic E-state index is -1.57. The second kappa shape index (κ2) is 12.8. The third kappa shape index (κ3) is 11.9. The minimum absolute atomic E-state index is 0.366. The highest BCUT2D eigenvalue weighted by atomic mass is 28.4. The van der Waals surface area contributed by atoms with Crippen molar-refractivity contribution in [1.29, 1.82) is 0 Å². The summed E-state index contributed by atoms with van der Waals surface area (Å²) in [7, 11) is -1.35. The van der Waals surface area contributed by atoms with Crippen LogP contribution in [0.1, 0.15) is 65.2 Å². The lowest BCUT2D eigenvalue weighted by Gasteiger charge is -2.31. The van der Waals surface area contributed by atoms with E-state index in [0.717, 1.165) is 19.4 Å². The molecule has 3 nitrogen and oxygen atoms in total. The molecule has 0 heterocycles. The zero-order chi connectivity index (χ0) is 22.1. The first kappa shape index (κ1) is 27.1. The average molecular weight is 443 g/mol. The quantitative estimate of drug-likeness (QED) is 0.159. The molecule has 172 valence electrons. The number of rotatable bonds is 14. The van der Waals surface area contributed by atoms with Gasteiger partial charge in [0.2, 0.25) is 0 Å². The number of unbranched alkanes of at least 4 members (excludes halogenated alkanes) is 4. The van der Waals surface area contributed by atoms with Gasteiger partial charge in [-0.3, -0.25) is 0 Å². The molecule has 0 radical (unpaired) electrons. The molecule has 0 spiro atoms. The Morgan fingerprint density at radius 2 is 1.31 bits per heavy atom. The first-order valence-electron chi connectivity index (χ1n) is 11.9. The summed E-state index contributed by atoms with van der Waals surface area (Å²) in [6, 6.07) is 0. The van der Waals surface area contributed by atoms with Crippen molar-refractivity contribution in [3.8, 4) is 0 Å². The molecule has 0 aromatic rings. The van der Waals surface area contributed by atoms with Gasteiger partial charge in [0.05, 0.1) is 12.2 Å². The van der Waals surface area contributed by atoms with E-state index in [0.29, 0.717) is 24.0 Å². The predicted molar refractivity (Wildman–Crippen MR) is 132 cm³/mol. The second-order valence-electron chi connectivity index (χ2n) is 11.2. The summed E-state index contributed by atoms with van der Waals surface area (Å²) in [5, 5.41) is 0. The minimum Gasteiger partial charge on any atom is -0.414 e. The van der Waals surface area contributed by atoms with Crippen molar-refractivity contribution < 1.29 is 13.6 Å². The molecular formula is C24H50O3Si2. The second-order valence-corrected chi connectivity index (χ2v) is 20.1. The zero-order valence-corrected chi connectivity index (χ0v) is 23.0. The number of methoxy groups -OCH3 is 1. The first-order valence-corrected chi connectivity index (χ1v) is 18.7. The maximum atomic E-state index is 6.74. The van der Waals surface area contributed by atoms with Crippen molar-refractivity contribution >= 4 is 16.6 Å². The highest BCUT2D eigenvalue weighted by Gasteiger charge is 2.45. The number of allylic oxidation sites excluding steroid dienone is 2. The molecule has 5 heteroatoms. The van der Waals surface area contributed by atoms with Gasteiger partial charge in [0, 0.05) is 13.7 Å². The molecule has 29 heavy (non-hydrogen) atoms. The number of hydrogen-bond donors (Lipinski definition) is 0. The Balaban J connectivity index is 2.82. The van der Waals surface area contributed by atoms with Gasteiger partial charge in [0.15, 0.2) is 16.6 Å². The summed E-state index contributed by atoms with van der Waals surface area (Å²) in [4.78, 5) is 0. The van der Waals surface area contributed by atoms with Crippen LogP contribution in [0.15, 0.2) is 11.6 Å². The summed E-state index contributed by atoms with van der Waals surface area (Å²) in [5.74, 6) is 1.24. The molecule has 1 aliphatic carbocycles. The molecule has 1 fully saturated rings. The Labute approximate surface area is 184 Å². The van der Waals surface area contributed by atoms with E-state index in [1.807, 2.05) is 0 Å². The van der Waals surface area contributed by atoms with E-state index in [1.165, 1.54) is 44.1 Å². The maximum absolute atomic E-state index is 6.74. The van der Waals surface area contributed by atoms with Crippen LogP contribution in [0.25, 0.3) is 0 Å². The molecule has 0 aliphatic heterocycles. The van der Waals surface area contributed by atoms with Crippen molar-refractivity contribution in [3.05, 3.63) is 11.6 Å². The van der Waals surface area contributed by atoms with Crippen LogP contribution in [0.4, 0.5) is 0 Å². The van der Waals surface area contributed by atoms with Gasteiger partial charge in [-0.2, -0.15) is 0 Å². The third-order valence-corrected chi connectivity index (χ3v) is 7.68. The standard InChI is InChI=1S/C24H50O3Si2/c1-20(2)16-17-22-21(15-13-11-10-12-14-18-25-3)23(26-28(4,5)6)19-24(22)27-29(7,8)9/h16,21-24H,10-15,17-19H2,1-9H3/t21-,22-,23-,24-/m1/s1. The lowest BCUT2D eigenvalue weighted by molar-refractivity contribution is 0.122. The Morgan fingerprint density at radius 1 is 0.793 bits per heavy atom. The Hall–Kier alpha value is 0.0538. The summed E-state index contributed by atoms with van der Waals surface area (Å²) in [6.07, 6.45) is 13.1. The molecule has 0 aromatic heterocycles. The van der Waals surface area contributed by atoms with Gasteiger partial charge in [0.25, 0.3) is 0 Å². The van der Waals surface area contributed by atoms with E-state index in [4.69, 9.17) is 13.6 Å². The van der Waals surface area contributed by atoms with Crippen LogP contribution in [-0.2, 0) is 13.6 Å². The number of hydrogen-bond acceptors (Lipinski definition) is 3. The van der Waals surface area contributed by atoms with Gasteiger partial charge in [-0.05, 0) is 90.6 Å². The van der Waals surface area contributed by atoms with Crippen LogP contribution in [0, 0.1) is 11.8 Å². The first-order chi connectivity index (χ1) is 13.4. The van der Waals surface area contributed by atoms with Crippen molar-refractivity contribution in [2.24, 2.45) is 11.8 Å². The van der Waals surface area contributed by atoms with Crippen LogP contribution >= 0.6 is 0 Å². The van der Waals surface area contributed by atoms with Crippen LogP contribution in [0.5, 0.6) is 0 Å².